The maximum absolute atomic E-state index is 12.9. The second-order valence-corrected chi connectivity index (χ2v) is 9.72. The lowest BCUT2D eigenvalue weighted by Gasteiger charge is -2.17. The Hall–Kier alpha value is -3.47. The molecule has 1 amide bonds. The molecule has 0 spiro atoms. The molecule has 172 valence electrons. The van der Waals surface area contributed by atoms with Crippen LogP contribution in [-0.2, 0) is 22.4 Å². The van der Waals surface area contributed by atoms with Crippen molar-refractivity contribution in [3.05, 3.63) is 86.2 Å². The molecule has 1 N–H and O–H groups in total. The number of anilines is 1. The standard InChI is InChI=1S/C26H21ClN2O4S/c1-15-6-11-18-21(13-28)25(34-22(18)12-15)29-23(30)14-33-26(32)20-5-3-2-4-19(20)24(31)16-7-9-17(27)10-8-16/h2-5,7-10,15H,6,11-12,14H2,1H3,(H,29,30)/t15-/m1/s1. The third kappa shape index (κ3) is 5.04. The number of carbonyl (C=O) groups is 3. The van der Waals surface area contributed by atoms with Crippen LogP contribution in [0, 0.1) is 17.2 Å². The minimum Gasteiger partial charge on any atom is -0.452 e. The molecule has 3 aromatic rings. The molecule has 6 nitrogen and oxygen atoms in total. The van der Waals surface area contributed by atoms with E-state index in [2.05, 4.69) is 18.3 Å². The number of ether oxygens (including phenoxy) is 1. The number of rotatable bonds is 6. The Morgan fingerprint density at radius 3 is 2.56 bits per heavy atom. The SMILES string of the molecule is C[C@@H]1CCc2c(sc(NC(=O)COC(=O)c3ccccc3C(=O)c3ccc(Cl)cc3)c2C#N)C1. The minimum absolute atomic E-state index is 0.0635. The van der Waals surface area contributed by atoms with Gasteiger partial charge in [0.05, 0.1) is 11.1 Å². The highest BCUT2D eigenvalue weighted by Crippen LogP contribution is 2.39. The van der Waals surface area contributed by atoms with E-state index in [0.29, 0.717) is 27.1 Å². The third-order valence-electron chi connectivity index (χ3n) is 5.71. The van der Waals surface area contributed by atoms with Gasteiger partial charge in [0.2, 0.25) is 0 Å². The van der Waals surface area contributed by atoms with Crippen LogP contribution in [0.4, 0.5) is 5.00 Å². The summed E-state index contributed by atoms with van der Waals surface area (Å²) in [6.45, 7) is 1.63. The molecular weight excluding hydrogens is 472 g/mol. The van der Waals surface area contributed by atoms with E-state index in [-0.39, 0.29) is 16.9 Å². The third-order valence-corrected chi connectivity index (χ3v) is 7.13. The number of carbonyl (C=O) groups excluding carboxylic acids is 3. The quantitative estimate of drug-likeness (QED) is 0.366. The highest BCUT2D eigenvalue weighted by molar-refractivity contribution is 7.16. The first-order chi connectivity index (χ1) is 16.4. The number of thiophene rings is 1. The second-order valence-electron chi connectivity index (χ2n) is 8.17. The lowest BCUT2D eigenvalue weighted by molar-refractivity contribution is -0.119. The molecule has 1 aliphatic carbocycles. The zero-order valence-electron chi connectivity index (χ0n) is 18.4. The second kappa shape index (κ2) is 10.2. The van der Waals surface area contributed by atoms with E-state index in [4.69, 9.17) is 16.3 Å². The summed E-state index contributed by atoms with van der Waals surface area (Å²) in [6.07, 6.45) is 2.72. The molecule has 8 heteroatoms. The molecular formula is C26H21ClN2O4S. The molecule has 1 aliphatic rings. The van der Waals surface area contributed by atoms with E-state index in [1.807, 2.05) is 0 Å². The Labute approximate surface area is 206 Å². The first-order valence-electron chi connectivity index (χ1n) is 10.8. The smallest absolute Gasteiger partial charge is 0.339 e. The number of nitrogens with one attached hydrogen (secondary N) is 1. The fourth-order valence-electron chi connectivity index (χ4n) is 3.94. The molecule has 0 saturated heterocycles. The first-order valence-corrected chi connectivity index (χ1v) is 12.0. The van der Waals surface area contributed by atoms with Gasteiger partial charge in [-0.05, 0) is 61.1 Å². The van der Waals surface area contributed by atoms with Crippen molar-refractivity contribution in [2.24, 2.45) is 5.92 Å². The van der Waals surface area contributed by atoms with E-state index < -0.39 is 18.5 Å². The predicted octanol–water partition coefficient (Wildman–Crippen LogP) is 5.42. The number of fused-ring (bicyclic) bond motifs is 1. The van der Waals surface area contributed by atoms with E-state index in [9.17, 15) is 19.6 Å². The van der Waals surface area contributed by atoms with Crippen LogP contribution in [0.3, 0.4) is 0 Å². The van der Waals surface area contributed by atoms with Gasteiger partial charge in [0.15, 0.2) is 12.4 Å². The van der Waals surface area contributed by atoms with Crippen LogP contribution in [0.25, 0.3) is 0 Å². The van der Waals surface area contributed by atoms with Crippen molar-refractivity contribution in [2.45, 2.75) is 26.2 Å². The molecule has 0 fully saturated rings. The average molecular weight is 493 g/mol. The summed E-state index contributed by atoms with van der Waals surface area (Å²) in [5.74, 6) is -1.14. The normalized spacial score (nSPS) is 14.6. The van der Waals surface area contributed by atoms with Gasteiger partial charge in [0, 0.05) is 21.0 Å². The number of halogens is 1. The average Bonchev–Trinajstić information content (AvgIpc) is 3.18. The van der Waals surface area contributed by atoms with Crippen molar-refractivity contribution >= 4 is 45.6 Å². The number of esters is 1. The van der Waals surface area contributed by atoms with E-state index in [1.165, 1.54) is 23.5 Å². The number of benzene rings is 2. The van der Waals surface area contributed by atoms with Crippen LogP contribution in [0.1, 0.15) is 55.6 Å². The molecule has 1 atom stereocenters. The van der Waals surface area contributed by atoms with Gasteiger partial charge in [-0.15, -0.1) is 11.3 Å². The Morgan fingerprint density at radius 2 is 1.85 bits per heavy atom. The molecule has 1 heterocycles. The summed E-state index contributed by atoms with van der Waals surface area (Å²) in [6, 6.07) is 14.8. The largest absolute Gasteiger partial charge is 0.452 e. The summed E-state index contributed by atoms with van der Waals surface area (Å²) < 4.78 is 5.20. The molecule has 0 saturated carbocycles. The maximum Gasteiger partial charge on any atom is 0.339 e. The molecule has 1 aromatic heterocycles. The van der Waals surface area contributed by atoms with Crippen molar-refractivity contribution in [3.8, 4) is 6.07 Å². The lowest BCUT2D eigenvalue weighted by atomic mass is 9.89. The predicted molar refractivity (Wildman–Crippen MR) is 130 cm³/mol. The first kappa shape index (κ1) is 23.7. The Kier molecular flexibility index (Phi) is 7.11. The minimum atomic E-state index is -0.784. The summed E-state index contributed by atoms with van der Waals surface area (Å²) in [5.41, 5.74) is 2.11. The van der Waals surface area contributed by atoms with Gasteiger partial charge in [-0.2, -0.15) is 5.26 Å². The lowest BCUT2D eigenvalue weighted by Crippen LogP contribution is -2.22. The van der Waals surface area contributed by atoms with Crippen molar-refractivity contribution in [2.75, 3.05) is 11.9 Å². The molecule has 34 heavy (non-hydrogen) atoms. The Morgan fingerprint density at radius 1 is 1.15 bits per heavy atom. The highest BCUT2D eigenvalue weighted by atomic mass is 35.5. The van der Waals surface area contributed by atoms with Gasteiger partial charge in [0.25, 0.3) is 5.91 Å². The van der Waals surface area contributed by atoms with Crippen molar-refractivity contribution in [1.29, 1.82) is 5.26 Å². The fraction of sp³-hybridized carbons (Fsp3) is 0.231. The van der Waals surface area contributed by atoms with E-state index >= 15 is 0 Å². The van der Waals surface area contributed by atoms with E-state index in [1.54, 1.807) is 36.4 Å². The molecule has 0 bridgehead atoms. The fourth-order valence-corrected chi connectivity index (χ4v) is 5.45. The van der Waals surface area contributed by atoms with Crippen LogP contribution in [0.5, 0.6) is 0 Å². The van der Waals surface area contributed by atoms with Gasteiger partial charge < -0.3 is 10.1 Å². The molecule has 4 rings (SSSR count). The number of nitriles is 1. The van der Waals surface area contributed by atoms with E-state index in [0.717, 1.165) is 29.7 Å². The van der Waals surface area contributed by atoms with Gasteiger partial charge in [-0.3, -0.25) is 9.59 Å². The maximum atomic E-state index is 12.9. The van der Waals surface area contributed by atoms with Crippen LogP contribution in [0.2, 0.25) is 5.02 Å². The highest BCUT2D eigenvalue weighted by Gasteiger charge is 2.25. The molecule has 0 radical (unpaired) electrons. The van der Waals surface area contributed by atoms with Crippen molar-refractivity contribution in [3.63, 3.8) is 0 Å². The Bertz CT molecular complexity index is 1310. The molecule has 0 aliphatic heterocycles. The van der Waals surface area contributed by atoms with Crippen LogP contribution >= 0.6 is 22.9 Å². The van der Waals surface area contributed by atoms with Gasteiger partial charge in [-0.1, -0.05) is 36.7 Å². The number of hydrogen-bond acceptors (Lipinski definition) is 6. The molecule has 2 aromatic carbocycles. The van der Waals surface area contributed by atoms with Crippen LogP contribution in [-0.4, -0.2) is 24.3 Å². The van der Waals surface area contributed by atoms with Crippen molar-refractivity contribution in [1.82, 2.24) is 0 Å². The summed E-state index contributed by atoms with van der Waals surface area (Å²) in [5, 5.41) is 13.3. The number of nitrogens with zero attached hydrogens (tertiary/aromatic N) is 1. The Balaban J connectivity index is 1.44. The zero-order chi connectivity index (χ0) is 24.2. The summed E-state index contributed by atoms with van der Waals surface area (Å²) in [4.78, 5) is 39.2. The van der Waals surface area contributed by atoms with Crippen molar-refractivity contribution < 1.29 is 19.1 Å². The summed E-state index contributed by atoms with van der Waals surface area (Å²) in [7, 11) is 0. The van der Waals surface area contributed by atoms with Gasteiger partial charge in [0.1, 0.15) is 11.1 Å². The van der Waals surface area contributed by atoms with Gasteiger partial charge >= 0.3 is 5.97 Å². The number of ketones is 1. The monoisotopic (exact) mass is 492 g/mol. The van der Waals surface area contributed by atoms with Crippen LogP contribution < -0.4 is 5.32 Å². The number of amides is 1. The van der Waals surface area contributed by atoms with Crippen LogP contribution in [0.15, 0.2) is 48.5 Å². The molecule has 0 unspecified atom stereocenters. The van der Waals surface area contributed by atoms with Gasteiger partial charge in [-0.25, -0.2) is 4.79 Å². The zero-order valence-corrected chi connectivity index (χ0v) is 20.0. The summed E-state index contributed by atoms with van der Waals surface area (Å²) >= 11 is 7.29. The topological polar surface area (TPSA) is 96.3 Å². The number of hydrogen-bond donors (Lipinski definition) is 1.